The average Bonchev–Trinajstić information content (AvgIpc) is 3.45. The highest BCUT2D eigenvalue weighted by Crippen LogP contribution is 2.38. The Kier molecular flexibility index (Phi) is 7.31. The predicted molar refractivity (Wildman–Crippen MR) is 94.6 cm³/mol. The van der Waals surface area contributed by atoms with E-state index < -0.39 is 29.3 Å². The van der Waals surface area contributed by atoms with Gasteiger partial charge >= 0.3 is 18.1 Å². The van der Waals surface area contributed by atoms with Gasteiger partial charge < -0.3 is 19.5 Å². The van der Waals surface area contributed by atoms with Crippen LogP contribution in [0.25, 0.3) is 0 Å². The number of hydrogen-bond donors (Lipinski definition) is 1. The third-order valence-corrected chi connectivity index (χ3v) is 3.84. The monoisotopic (exact) mass is 401 g/mol. The molecule has 154 valence electrons. The molecule has 0 aromatic heterocycles. The van der Waals surface area contributed by atoms with Crippen molar-refractivity contribution in [3.8, 4) is 5.75 Å². The van der Waals surface area contributed by atoms with Crippen molar-refractivity contribution in [1.29, 1.82) is 0 Å². The zero-order chi connectivity index (χ0) is 20.7. The zero-order valence-corrected chi connectivity index (χ0v) is 15.6. The van der Waals surface area contributed by atoms with E-state index >= 15 is 0 Å². The molecule has 1 N–H and O–H groups in total. The van der Waals surface area contributed by atoms with E-state index in [9.17, 15) is 22.8 Å². The van der Waals surface area contributed by atoms with Gasteiger partial charge in [-0.25, -0.2) is 9.59 Å². The molecule has 1 aliphatic carbocycles. The van der Waals surface area contributed by atoms with Gasteiger partial charge in [0, 0.05) is 6.20 Å². The van der Waals surface area contributed by atoms with Crippen LogP contribution in [-0.4, -0.2) is 31.8 Å². The van der Waals surface area contributed by atoms with Crippen LogP contribution in [-0.2, 0) is 25.2 Å². The summed E-state index contributed by atoms with van der Waals surface area (Å²) in [6, 6.07) is 3.45. The van der Waals surface area contributed by atoms with Crippen LogP contribution >= 0.6 is 0 Å². The number of hydrogen-bond acceptors (Lipinski definition) is 6. The van der Waals surface area contributed by atoms with Crippen molar-refractivity contribution in [2.75, 3.05) is 25.1 Å². The summed E-state index contributed by atoms with van der Waals surface area (Å²) in [4.78, 5) is 23.8. The van der Waals surface area contributed by atoms with Crippen LogP contribution in [0.2, 0.25) is 0 Å². The maximum atomic E-state index is 13.4. The molecule has 2 rings (SSSR count). The molecular weight excluding hydrogens is 379 g/mol. The van der Waals surface area contributed by atoms with Gasteiger partial charge in [0.15, 0.2) is 5.57 Å². The molecule has 0 bridgehead atoms. The van der Waals surface area contributed by atoms with E-state index in [2.05, 4.69) is 5.32 Å². The summed E-state index contributed by atoms with van der Waals surface area (Å²) in [7, 11) is 0. The van der Waals surface area contributed by atoms with Crippen molar-refractivity contribution in [3.63, 3.8) is 0 Å². The molecule has 0 atom stereocenters. The minimum absolute atomic E-state index is 0.00356. The molecule has 1 aromatic rings. The van der Waals surface area contributed by atoms with Crippen LogP contribution in [0.4, 0.5) is 18.9 Å². The molecule has 1 aromatic carbocycles. The van der Waals surface area contributed by atoms with Crippen LogP contribution in [0.15, 0.2) is 30.0 Å². The third kappa shape index (κ3) is 6.17. The highest BCUT2D eigenvalue weighted by Gasteiger charge is 2.34. The van der Waals surface area contributed by atoms with Gasteiger partial charge in [0.1, 0.15) is 5.75 Å². The first-order valence-electron chi connectivity index (χ1n) is 8.91. The normalized spacial score (nSPS) is 13.5. The number of nitrogens with one attached hydrogen (secondary N) is 1. The number of alkyl halides is 3. The summed E-state index contributed by atoms with van der Waals surface area (Å²) < 4.78 is 55.2. The maximum Gasteiger partial charge on any atom is 0.418 e. The van der Waals surface area contributed by atoms with Gasteiger partial charge in [-0.3, -0.25) is 0 Å². The van der Waals surface area contributed by atoms with E-state index in [1.807, 2.05) is 0 Å². The Balaban J connectivity index is 2.26. The molecule has 1 aliphatic rings. The van der Waals surface area contributed by atoms with Crippen LogP contribution < -0.4 is 10.1 Å². The average molecular weight is 401 g/mol. The Morgan fingerprint density at radius 1 is 1.14 bits per heavy atom. The smallest absolute Gasteiger partial charge is 0.418 e. The van der Waals surface area contributed by atoms with Crippen LogP contribution in [0, 0.1) is 5.92 Å². The van der Waals surface area contributed by atoms with Crippen LogP contribution in [0.3, 0.4) is 0 Å². The number of carbonyl (C=O) groups is 2. The van der Waals surface area contributed by atoms with Gasteiger partial charge in [-0.15, -0.1) is 0 Å². The largest absolute Gasteiger partial charge is 0.493 e. The highest BCUT2D eigenvalue weighted by atomic mass is 19.4. The Morgan fingerprint density at radius 2 is 1.75 bits per heavy atom. The first kappa shape index (κ1) is 21.6. The fraction of sp³-hybridized carbons (Fsp3) is 0.474. The highest BCUT2D eigenvalue weighted by molar-refractivity contribution is 6.14. The molecule has 0 saturated heterocycles. The topological polar surface area (TPSA) is 73.9 Å². The molecule has 0 radical (unpaired) electrons. The van der Waals surface area contributed by atoms with E-state index in [1.54, 1.807) is 0 Å². The number of ether oxygens (including phenoxy) is 3. The standard InChI is InChI=1S/C19H22F3NO5/c1-3-26-17(24)14(18(25)27-4-2)10-23-16-8-7-13(28-11-12-5-6-12)9-15(16)19(20,21)22/h7-10,12,23H,3-6,11H2,1-2H3. The Labute approximate surface area is 160 Å². The number of halogens is 3. The van der Waals surface area contributed by atoms with Crippen LogP contribution in [0.1, 0.15) is 32.3 Å². The molecule has 0 amide bonds. The number of benzene rings is 1. The van der Waals surface area contributed by atoms with Crippen molar-refractivity contribution < 1.29 is 37.0 Å². The lowest BCUT2D eigenvalue weighted by Gasteiger charge is -2.15. The Bertz CT molecular complexity index is 722. The number of esters is 2. The Hall–Kier alpha value is -2.71. The molecule has 0 unspecified atom stereocenters. The molecular formula is C19H22F3NO5. The van der Waals surface area contributed by atoms with Crippen molar-refractivity contribution in [3.05, 3.63) is 35.5 Å². The lowest BCUT2D eigenvalue weighted by Crippen LogP contribution is -2.20. The van der Waals surface area contributed by atoms with E-state index in [0.29, 0.717) is 12.5 Å². The first-order chi connectivity index (χ1) is 13.3. The quantitative estimate of drug-likeness (QED) is 0.293. The lowest BCUT2D eigenvalue weighted by molar-refractivity contribution is -0.146. The summed E-state index contributed by atoms with van der Waals surface area (Å²) in [5, 5.41) is 2.36. The molecule has 6 nitrogen and oxygen atoms in total. The summed E-state index contributed by atoms with van der Waals surface area (Å²) in [5.74, 6) is -1.49. The fourth-order valence-electron chi connectivity index (χ4n) is 2.24. The molecule has 1 fully saturated rings. The molecule has 1 saturated carbocycles. The second-order valence-electron chi connectivity index (χ2n) is 6.10. The minimum Gasteiger partial charge on any atom is -0.493 e. The summed E-state index contributed by atoms with van der Waals surface area (Å²) in [6.45, 7) is 3.44. The SMILES string of the molecule is CCOC(=O)C(=CNc1ccc(OCC2CC2)cc1C(F)(F)F)C(=O)OCC. The number of rotatable bonds is 9. The maximum absolute atomic E-state index is 13.4. The van der Waals surface area contributed by atoms with E-state index in [-0.39, 0.29) is 24.7 Å². The van der Waals surface area contributed by atoms with Gasteiger partial charge in [0.05, 0.1) is 31.1 Å². The molecule has 0 heterocycles. The van der Waals surface area contributed by atoms with Crippen molar-refractivity contribution >= 4 is 17.6 Å². The third-order valence-electron chi connectivity index (χ3n) is 3.84. The van der Waals surface area contributed by atoms with E-state index in [1.165, 1.54) is 26.0 Å². The molecule has 0 spiro atoms. The van der Waals surface area contributed by atoms with E-state index in [4.69, 9.17) is 14.2 Å². The summed E-state index contributed by atoms with van der Waals surface area (Å²) in [5.41, 5.74) is -1.85. The molecule has 0 aliphatic heterocycles. The molecule has 28 heavy (non-hydrogen) atoms. The van der Waals surface area contributed by atoms with Crippen LogP contribution in [0.5, 0.6) is 5.75 Å². The Morgan fingerprint density at radius 3 is 2.25 bits per heavy atom. The van der Waals surface area contributed by atoms with Gasteiger partial charge in [0.2, 0.25) is 0 Å². The van der Waals surface area contributed by atoms with Gasteiger partial charge in [-0.05, 0) is 50.8 Å². The second kappa shape index (κ2) is 9.48. The van der Waals surface area contributed by atoms with Crippen molar-refractivity contribution in [2.24, 2.45) is 5.92 Å². The lowest BCUT2D eigenvalue weighted by atomic mass is 10.1. The second-order valence-corrected chi connectivity index (χ2v) is 6.10. The van der Waals surface area contributed by atoms with Gasteiger partial charge in [-0.1, -0.05) is 0 Å². The fourth-order valence-corrected chi connectivity index (χ4v) is 2.24. The minimum atomic E-state index is -4.66. The summed E-state index contributed by atoms with van der Waals surface area (Å²) in [6.07, 6.45) is -1.78. The van der Waals surface area contributed by atoms with Crippen molar-refractivity contribution in [1.82, 2.24) is 0 Å². The first-order valence-corrected chi connectivity index (χ1v) is 8.91. The number of carbonyl (C=O) groups excluding carboxylic acids is 2. The van der Waals surface area contributed by atoms with Crippen molar-refractivity contribution in [2.45, 2.75) is 32.9 Å². The predicted octanol–water partition coefficient (Wildman–Crippen LogP) is 3.92. The van der Waals surface area contributed by atoms with Gasteiger partial charge in [0.25, 0.3) is 0 Å². The van der Waals surface area contributed by atoms with Gasteiger partial charge in [-0.2, -0.15) is 13.2 Å². The number of anilines is 1. The van der Waals surface area contributed by atoms with E-state index in [0.717, 1.165) is 25.1 Å². The zero-order valence-electron chi connectivity index (χ0n) is 15.6. The summed E-state index contributed by atoms with van der Waals surface area (Å²) >= 11 is 0. The molecule has 9 heteroatoms.